The van der Waals surface area contributed by atoms with Crippen molar-refractivity contribution < 1.29 is 9.13 Å². The molecule has 0 saturated heterocycles. The third-order valence-electron chi connectivity index (χ3n) is 2.30. The lowest BCUT2D eigenvalue weighted by molar-refractivity contribution is 0.409. The Bertz CT molecular complexity index is 580. The van der Waals surface area contributed by atoms with Gasteiger partial charge in [-0.15, -0.1) is 11.6 Å². The molecular weight excluding hydrogens is 322 g/mol. The third kappa shape index (κ3) is 2.97. The number of aromatic nitrogens is 2. The fourth-order valence-corrected chi connectivity index (χ4v) is 1.90. The highest BCUT2D eigenvalue weighted by atomic mass is 79.9. The minimum Gasteiger partial charge on any atom is -0.421 e. The van der Waals surface area contributed by atoms with Crippen molar-refractivity contribution >= 4 is 27.5 Å². The van der Waals surface area contributed by atoms with Gasteiger partial charge in [-0.2, -0.15) is 4.98 Å². The van der Waals surface area contributed by atoms with E-state index in [1.807, 2.05) is 0 Å². The summed E-state index contributed by atoms with van der Waals surface area (Å²) in [5, 5.41) is 0. The maximum Gasteiger partial charge on any atom is 0.322 e. The van der Waals surface area contributed by atoms with Crippen LogP contribution in [-0.2, 0) is 5.88 Å². The second-order valence-electron chi connectivity index (χ2n) is 3.57. The van der Waals surface area contributed by atoms with Crippen molar-refractivity contribution in [2.45, 2.75) is 12.8 Å². The summed E-state index contributed by atoms with van der Waals surface area (Å²) in [6.07, 6.45) is 1.57. The number of hydrogen-bond acceptors (Lipinski definition) is 3. The predicted molar refractivity (Wildman–Crippen MR) is 70.5 cm³/mol. The fourth-order valence-electron chi connectivity index (χ4n) is 1.31. The van der Waals surface area contributed by atoms with Gasteiger partial charge in [0.25, 0.3) is 0 Å². The van der Waals surface area contributed by atoms with Gasteiger partial charge >= 0.3 is 6.01 Å². The molecule has 1 heterocycles. The minimum absolute atomic E-state index is 0.0798. The molecule has 3 nitrogen and oxygen atoms in total. The lowest BCUT2D eigenvalue weighted by Crippen LogP contribution is -1.98. The van der Waals surface area contributed by atoms with Crippen LogP contribution in [-0.4, -0.2) is 9.97 Å². The average Bonchev–Trinajstić information content (AvgIpc) is 2.33. The van der Waals surface area contributed by atoms with Crippen molar-refractivity contribution in [2.75, 3.05) is 0 Å². The van der Waals surface area contributed by atoms with Gasteiger partial charge in [0.15, 0.2) is 11.6 Å². The smallest absolute Gasteiger partial charge is 0.322 e. The maximum absolute atomic E-state index is 13.6. The highest BCUT2D eigenvalue weighted by Crippen LogP contribution is 2.25. The second kappa shape index (κ2) is 5.63. The Morgan fingerprint density at radius 1 is 1.44 bits per heavy atom. The molecule has 6 heteroatoms. The van der Waals surface area contributed by atoms with E-state index in [2.05, 4.69) is 25.9 Å². The third-order valence-corrected chi connectivity index (χ3v) is 3.08. The number of hydrogen-bond donors (Lipinski definition) is 0. The first kappa shape index (κ1) is 13.2. The van der Waals surface area contributed by atoms with Gasteiger partial charge in [0.05, 0.1) is 5.88 Å². The van der Waals surface area contributed by atoms with Gasteiger partial charge in [0, 0.05) is 21.9 Å². The van der Waals surface area contributed by atoms with Gasteiger partial charge in [0.1, 0.15) is 0 Å². The Kier molecular flexibility index (Phi) is 4.14. The van der Waals surface area contributed by atoms with Crippen molar-refractivity contribution in [3.8, 4) is 11.8 Å². The lowest BCUT2D eigenvalue weighted by Gasteiger charge is -2.07. The monoisotopic (exact) mass is 330 g/mol. The first-order valence-corrected chi connectivity index (χ1v) is 6.44. The molecule has 94 valence electrons. The molecule has 1 aromatic heterocycles. The number of alkyl halides is 1. The predicted octanol–water partition coefficient (Wildman–Crippen LogP) is 4.22. The standard InChI is InChI=1S/C12H9BrClFN2O/c1-7-8(5-14)6-16-12(17-7)18-11-3-2-9(13)4-10(11)15/h2-4,6H,5H2,1H3. The van der Waals surface area contributed by atoms with Gasteiger partial charge in [-0.3, -0.25) is 0 Å². The normalized spacial score (nSPS) is 10.4. The Hall–Kier alpha value is -1.20. The van der Waals surface area contributed by atoms with Crippen LogP contribution in [0.1, 0.15) is 11.3 Å². The number of ether oxygens (including phenoxy) is 1. The molecule has 0 spiro atoms. The SMILES string of the molecule is Cc1nc(Oc2ccc(Br)cc2F)ncc1CCl. The van der Waals surface area contributed by atoms with Crippen molar-refractivity contribution in [2.24, 2.45) is 0 Å². The fraction of sp³-hybridized carbons (Fsp3) is 0.167. The molecule has 0 aliphatic rings. The van der Waals surface area contributed by atoms with Crippen molar-refractivity contribution in [1.82, 2.24) is 9.97 Å². The summed E-state index contributed by atoms with van der Waals surface area (Å²) in [6, 6.07) is 4.60. The second-order valence-corrected chi connectivity index (χ2v) is 4.76. The summed E-state index contributed by atoms with van der Waals surface area (Å²) in [5.74, 6) is -0.0676. The van der Waals surface area contributed by atoms with Crippen LogP contribution in [0.25, 0.3) is 0 Å². The van der Waals surface area contributed by atoms with E-state index in [-0.39, 0.29) is 11.8 Å². The molecule has 0 N–H and O–H groups in total. The van der Waals surface area contributed by atoms with Crippen LogP contribution in [0.3, 0.4) is 0 Å². The number of rotatable bonds is 3. The van der Waals surface area contributed by atoms with Gasteiger partial charge in [-0.05, 0) is 25.1 Å². The molecule has 0 atom stereocenters. The first-order chi connectivity index (χ1) is 8.60. The van der Waals surface area contributed by atoms with Crippen molar-refractivity contribution in [3.05, 3.63) is 45.9 Å². The van der Waals surface area contributed by atoms with E-state index >= 15 is 0 Å². The molecule has 0 aliphatic carbocycles. The number of aryl methyl sites for hydroxylation is 1. The lowest BCUT2D eigenvalue weighted by atomic mass is 10.3. The van der Waals surface area contributed by atoms with Crippen LogP contribution in [0.5, 0.6) is 11.8 Å². The maximum atomic E-state index is 13.6. The summed E-state index contributed by atoms with van der Waals surface area (Å²) in [5.41, 5.74) is 1.54. The van der Waals surface area contributed by atoms with E-state index < -0.39 is 5.82 Å². The van der Waals surface area contributed by atoms with E-state index in [1.165, 1.54) is 12.1 Å². The van der Waals surface area contributed by atoms with Crippen LogP contribution < -0.4 is 4.74 Å². The van der Waals surface area contributed by atoms with Crippen LogP contribution in [0.15, 0.2) is 28.9 Å². The molecule has 2 aromatic rings. The summed E-state index contributed by atoms with van der Waals surface area (Å²) in [7, 11) is 0. The molecule has 1 aromatic carbocycles. The number of nitrogens with zero attached hydrogens (tertiary/aromatic N) is 2. The van der Waals surface area contributed by atoms with Crippen LogP contribution in [0.4, 0.5) is 4.39 Å². The van der Waals surface area contributed by atoms with Gasteiger partial charge < -0.3 is 4.74 Å². The molecule has 0 radical (unpaired) electrons. The van der Waals surface area contributed by atoms with E-state index in [9.17, 15) is 4.39 Å². The molecule has 18 heavy (non-hydrogen) atoms. The molecule has 0 bridgehead atoms. The zero-order chi connectivity index (χ0) is 13.1. The molecule has 0 saturated carbocycles. The largest absolute Gasteiger partial charge is 0.421 e. The molecule has 0 fully saturated rings. The Balaban J connectivity index is 2.26. The topological polar surface area (TPSA) is 35.0 Å². The highest BCUT2D eigenvalue weighted by molar-refractivity contribution is 9.10. The zero-order valence-electron chi connectivity index (χ0n) is 9.45. The van der Waals surface area contributed by atoms with Crippen molar-refractivity contribution in [3.63, 3.8) is 0 Å². The van der Waals surface area contributed by atoms with E-state index in [0.29, 0.717) is 16.0 Å². The van der Waals surface area contributed by atoms with Crippen LogP contribution in [0, 0.1) is 12.7 Å². The summed E-state index contributed by atoms with van der Waals surface area (Å²) >= 11 is 8.87. The quantitative estimate of drug-likeness (QED) is 0.790. The highest BCUT2D eigenvalue weighted by Gasteiger charge is 2.08. The first-order valence-electron chi connectivity index (χ1n) is 5.11. The van der Waals surface area contributed by atoms with E-state index in [0.717, 1.165) is 5.56 Å². The molecule has 0 unspecified atom stereocenters. The van der Waals surface area contributed by atoms with E-state index in [4.69, 9.17) is 16.3 Å². The summed E-state index contributed by atoms with van der Waals surface area (Å²) in [4.78, 5) is 8.08. The Morgan fingerprint density at radius 2 is 2.22 bits per heavy atom. The van der Waals surface area contributed by atoms with Gasteiger partial charge in [0.2, 0.25) is 0 Å². The van der Waals surface area contributed by atoms with Gasteiger partial charge in [-0.25, -0.2) is 9.37 Å². The van der Waals surface area contributed by atoms with Crippen LogP contribution in [0.2, 0.25) is 0 Å². The van der Waals surface area contributed by atoms with E-state index in [1.54, 1.807) is 19.2 Å². The summed E-state index contributed by atoms with van der Waals surface area (Å²) in [6.45, 7) is 1.80. The number of halogens is 3. The molecule has 0 aliphatic heterocycles. The Morgan fingerprint density at radius 3 is 2.83 bits per heavy atom. The number of benzene rings is 1. The molecule has 0 amide bonds. The minimum atomic E-state index is -0.480. The van der Waals surface area contributed by atoms with Crippen LogP contribution >= 0.6 is 27.5 Å². The summed E-state index contributed by atoms with van der Waals surface area (Å²) < 4.78 is 19.5. The Labute approximate surface area is 117 Å². The zero-order valence-corrected chi connectivity index (χ0v) is 11.8. The van der Waals surface area contributed by atoms with Gasteiger partial charge in [-0.1, -0.05) is 15.9 Å². The van der Waals surface area contributed by atoms with Crippen molar-refractivity contribution in [1.29, 1.82) is 0 Å². The molecular formula is C12H9BrClFN2O. The average molecular weight is 332 g/mol. The molecule has 2 rings (SSSR count).